The van der Waals surface area contributed by atoms with Crippen molar-refractivity contribution in [2.24, 2.45) is 7.05 Å². The minimum absolute atomic E-state index is 0.0470. The number of amides is 1. The van der Waals surface area contributed by atoms with Gasteiger partial charge in [0.15, 0.2) is 0 Å². The Bertz CT molecular complexity index is 958. The molecule has 4 rings (SSSR count). The summed E-state index contributed by atoms with van der Waals surface area (Å²) in [4.78, 5) is 19.1. The maximum atomic E-state index is 13.1. The van der Waals surface area contributed by atoms with Crippen LogP contribution in [0, 0.1) is 13.8 Å². The first-order chi connectivity index (χ1) is 13.0. The number of likely N-dealkylation sites (tertiary alicyclic amines) is 1. The number of hydrogen-bond acceptors (Lipinski definition) is 6. The lowest BCUT2D eigenvalue weighted by Crippen LogP contribution is -2.32. The van der Waals surface area contributed by atoms with Crippen molar-refractivity contribution in [1.82, 2.24) is 40.1 Å². The topological polar surface area (TPSA) is 118 Å². The number of nitrogens with zero attached hydrogens (tertiary/aromatic N) is 6. The van der Waals surface area contributed by atoms with Crippen molar-refractivity contribution >= 4 is 5.91 Å². The Hall–Kier alpha value is -3.01. The summed E-state index contributed by atoms with van der Waals surface area (Å²) in [6.07, 6.45) is 2.06. The highest BCUT2D eigenvalue weighted by molar-refractivity contribution is 5.94. The lowest BCUT2D eigenvalue weighted by Gasteiger charge is -2.21. The molecule has 0 unspecified atom stereocenters. The van der Waals surface area contributed by atoms with Crippen molar-refractivity contribution in [2.45, 2.75) is 32.4 Å². The summed E-state index contributed by atoms with van der Waals surface area (Å²) in [7, 11) is 3.54. The van der Waals surface area contributed by atoms with E-state index in [0.717, 1.165) is 17.0 Å². The van der Waals surface area contributed by atoms with E-state index >= 15 is 0 Å². The van der Waals surface area contributed by atoms with Gasteiger partial charge >= 0.3 is 0 Å². The van der Waals surface area contributed by atoms with Crippen LogP contribution in [0.25, 0.3) is 11.3 Å². The number of aryl methyl sites for hydroxylation is 2. The molecule has 1 fully saturated rings. The number of aromatic nitrogens is 7. The molecule has 0 spiro atoms. The molecule has 0 saturated carbocycles. The normalized spacial score (nSPS) is 19.8. The molecular formula is C17H22N8O2. The second kappa shape index (κ2) is 6.62. The van der Waals surface area contributed by atoms with E-state index in [4.69, 9.17) is 4.74 Å². The number of aromatic amines is 2. The van der Waals surface area contributed by atoms with Crippen LogP contribution in [0.1, 0.15) is 40.2 Å². The standard InChI is InChI=1S/C17H22N8O2/c1-9-15(10(2)24(3)23-9)12-6-13(21-20-12)17(26)25-7-11(27-4)5-14(25)16-18-8-19-22-16/h6,8,11,14H,5,7H2,1-4H3,(H,20,21)(H,18,19,22)/t11-,14+/m1/s1. The molecular weight excluding hydrogens is 348 g/mol. The maximum absolute atomic E-state index is 13.1. The van der Waals surface area contributed by atoms with E-state index in [1.165, 1.54) is 6.33 Å². The SMILES string of the molecule is CO[C@@H]1C[C@@H](c2ncn[nH]2)N(C(=O)c2cc(-c3c(C)nn(C)c3C)n[nH]2)C1. The molecule has 4 heterocycles. The van der Waals surface area contributed by atoms with Crippen LogP contribution in [0.2, 0.25) is 0 Å². The maximum Gasteiger partial charge on any atom is 0.272 e. The average molecular weight is 370 g/mol. The summed E-state index contributed by atoms with van der Waals surface area (Å²) in [5, 5.41) is 18.4. The third-order valence-electron chi connectivity index (χ3n) is 5.18. The first-order valence-corrected chi connectivity index (χ1v) is 8.74. The van der Waals surface area contributed by atoms with Gasteiger partial charge in [-0.3, -0.25) is 19.7 Å². The largest absolute Gasteiger partial charge is 0.380 e. The number of carbonyl (C=O) groups excluding carboxylic acids is 1. The Morgan fingerprint density at radius 1 is 1.33 bits per heavy atom. The third kappa shape index (κ3) is 2.91. The van der Waals surface area contributed by atoms with Gasteiger partial charge in [-0.25, -0.2) is 4.98 Å². The number of H-pyrrole nitrogens is 2. The molecule has 1 aliphatic rings. The van der Waals surface area contributed by atoms with Gasteiger partial charge in [-0.05, 0) is 19.9 Å². The molecule has 1 amide bonds. The van der Waals surface area contributed by atoms with E-state index in [1.54, 1.807) is 18.1 Å². The summed E-state index contributed by atoms with van der Waals surface area (Å²) in [6, 6.07) is 1.57. The number of ether oxygens (including phenoxy) is 1. The highest BCUT2D eigenvalue weighted by Gasteiger charge is 2.39. The van der Waals surface area contributed by atoms with E-state index in [9.17, 15) is 4.79 Å². The molecule has 2 N–H and O–H groups in total. The summed E-state index contributed by atoms with van der Waals surface area (Å²) in [6.45, 7) is 4.40. The lowest BCUT2D eigenvalue weighted by atomic mass is 10.1. The van der Waals surface area contributed by atoms with Crippen molar-refractivity contribution in [3.63, 3.8) is 0 Å². The van der Waals surface area contributed by atoms with Crippen LogP contribution >= 0.6 is 0 Å². The Morgan fingerprint density at radius 3 is 2.78 bits per heavy atom. The number of hydrogen-bond donors (Lipinski definition) is 2. The van der Waals surface area contributed by atoms with Crippen molar-refractivity contribution in [2.75, 3.05) is 13.7 Å². The zero-order valence-corrected chi connectivity index (χ0v) is 15.7. The predicted octanol–water partition coefficient (Wildman–Crippen LogP) is 1.15. The molecule has 3 aromatic rings. The highest BCUT2D eigenvalue weighted by Crippen LogP contribution is 2.33. The minimum atomic E-state index is -0.210. The van der Waals surface area contributed by atoms with Gasteiger partial charge < -0.3 is 9.64 Å². The van der Waals surface area contributed by atoms with Crippen LogP contribution in [-0.4, -0.2) is 65.7 Å². The van der Waals surface area contributed by atoms with E-state index in [0.29, 0.717) is 30.2 Å². The molecule has 0 aliphatic carbocycles. The van der Waals surface area contributed by atoms with E-state index in [1.807, 2.05) is 25.6 Å². The van der Waals surface area contributed by atoms with Crippen LogP contribution in [-0.2, 0) is 11.8 Å². The molecule has 0 bridgehead atoms. The summed E-state index contributed by atoms with van der Waals surface area (Å²) in [5.74, 6) is 0.510. The molecule has 10 nitrogen and oxygen atoms in total. The Morgan fingerprint density at radius 2 is 2.15 bits per heavy atom. The van der Waals surface area contributed by atoms with Gasteiger partial charge in [-0.1, -0.05) is 0 Å². The number of rotatable bonds is 4. The molecule has 1 saturated heterocycles. The fourth-order valence-corrected chi connectivity index (χ4v) is 3.69. The fourth-order valence-electron chi connectivity index (χ4n) is 3.69. The van der Waals surface area contributed by atoms with Crippen LogP contribution in [0.3, 0.4) is 0 Å². The van der Waals surface area contributed by atoms with Crippen molar-refractivity contribution in [1.29, 1.82) is 0 Å². The number of carbonyl (C=O) groups is 1. The lowest BCUT2D eigenvalue weighted by molar-refractivity contribution is 0.0678. The smallest absolute Gasteiger partial charge is 0.272 e. The highest BCUT2D eigenvalue weighted by atomic mass is 16.5. The summed E-state index contributed by atoms with van der Waals surface area (Å²) < 4.78 is 7.28. The zero-order valence-electron chi connectivity index (χ0n) is 15.7. The van der Waals surface area contributed by atoms with Gasteiger partial charge in [0.2, 0.25) is 0 Å². The third-order valence-corrected chi connectivity index (χ3v) is 5.18. The number of methoxy groups -OCH3 is 1. The quantitative estimate of drug-likeness (QED) is 0.711. The van der Waals surface area contributed by atoms with E-state index < -0.39 is 0 Å². The molecule has 10 heteroatoms. The first-order valence-electron chi connectivity index (χ1n) is 8.74. The molecule has 0 radical (unpaired) electrons. The van der Waals surface area contributed by atoms with Gasteiger partial charge in [0, 0.05) is 38.4 Å². The number of nitrogens with one attached hydrogen (secondary N) is 2. The minimum Gasteiger partial charge on any atom is -0.380 e. The zero-order chi connectivity index (χ0) is 19.1. The second-order valence-electron chi connectivity index (χ2n) is 6.77. The summed E-state index contributed by atoms with van der Waals surface area (Å²) >= 11 is 0. The van der Waals surface area contributed by atoms with Crippen molar-refractivity contribution in [3.8, 4) is 11.3 Å². The molecule has 1 aliphatic heterocycles. The molecule has 0 aromatic carbocycles. The van der Waals surface area contributed by atoms with Crippen LogP contribution in [0.5, 0.6) is 0 Å². The monoisotopic (exact) mass is 370 g/mol. The van der Waals surface area contributed by atoms with Crippen LogP contribution in [0.15, 0.2) is 12.4 Å². The van der Waals surface area contributed by atoms with Gasteiger partial charge in [-0.2, -0.15) is 15.3 Å². The van der Waals surface area contributed by atoms with Crippen LogP contribution in [0.4, 0.5) is 0 Å². The van der Waals surface area contributed by atoms with Crippen LogP contribution < -0.4 is 0 Å². The van der Waals surface area contributed by atoms with E-state index in [-0.39, 0.29) is 18.1 Å². The van der Waals surface area contributed by atoms with Gasteiger partial charge in [0.1, 0.15) is 17.8 Å². The molecule has 27 heavy (non-hydrogen) atoms. The van der Waals surface area contributed by atoms with Crippen molar-refractivity contribution < 1.29 is 9.53 Å². The fraction of sp³-hybridized carbons (Fsp3) is 0.471. The first kappa shape index (κ1) is 17.4. The van der Waals surface area contributed by atoms with Crippen molar-refractivity contribution in [3.05, 3.63) is 35.3 Å². The molecule has 2 atom stereocenters. The Labute approximate surface area is 155 Å². The van der Waals surface area contributed by atoms with Gasteiger partial charge in [0.05, 0.1) is 23.5 Å². The average Bonchev–Trinajstić information content (AvgIpc) is 3.41. The second-order valence-corrected chi connectivity index (χ2v) is 6.77. The van der Waals surface area contributed by atoms with Gasteiger partial charge in [-0.15, -0.1) is 0 Å². The van der Waals surface area contributed by atoms with E-state index in [2.05, 4.69) is 30.5 Å². The Kier molecular flexibility index (Phi) is 4.27. The van der Waals surface area contributed by atoms with Gasteiger partial charge in [0.25, 0.3) is 5.91 Å². The molecule has 3 aromatic heterocycles. The Balaban J connectivity index is 1.64. The summed E-state index contributed by atoms with van der Waals surface area (Å²) in [5.41, 5.74) is 3.95. The molecule has 142 valence electrons. The predicted molar refractivity (Wildman–Crippen MR) is 95.8 cm³/mol.